The summed E-state index contributed by atoms with van der Waals surface area (Å²) in [5.74, 6) is -0.302. The van der Waals surface area contributed by atoms with Gasteiger partial charge in [0.25, 0.3) is 0 Å². The Morgan fingerprint density at radius 1 is 1.37 bits per heavy atom. The molecule has 0 saturated carbocycles. The van der Waals surface area contributed by atoms with Crippen LogP contribution in [0.5, 0.6) is 0 Å². The van der Waals surface area contributed by atoms with E-state index in [2.05, 4.69) is 0 Å². The molecule has 0 aliphatic rings. The third-order valence-electron chi connectivity index (χ3n) is 3.46. The number of ether oxygens (including phenoxy) is 2. The number of benzene rings is 1. The van der Waals surface area contributed by atoms with Crippen molar-refractivity contribution in [3.63, 3.8) is 0 Å². The molecule has 1 aromatic carbocycles. The fourth-order valence-corrected chi connectivity index (χ4v) is 2.34. The molecule has 0 aliphatic carbocycles. The van der Waals surface area contributed by atoms with Gasteiger partial charge in [0.05, 0.1) is 7.11 Å². The molecule has 1 atom stereocenters. The maximum absolute atomic E-state index is 12.3. The molecule has 0 spiro atoms. The van der Waals surface area contributed by atoms with Crippen LogP contribution in [-0.2, 0) is 19.7 Å². The van der Waals surface area contributed by atoms with Crippen LogP contribution in [-0.4, -0.2) is 32.8 Å². The lowest BCUT2D eigenvalue weighted by Gasteiger charge is -2.31. The Labute approximate surface area is 114 Å². The second kappa shape index (κ2) is 7.26. The van der Waals surface area contributed by atoms with Gasteiger partial charge in [-0.2, -0.15) is 0 Å². The van der Waals surface area contributed by atoms with Gasteiger partial charge >= 0.3 is 5.97 Å². The minimum atomic E-state index is -0.824. The Kier molecular flexibility index (Phi) is 5.99. The molecule has 19 heavy (non-hydrogen) atoms. The quantitative estimate of drug-likeness (QED) is 0.603. The largest absolute Gasteiger partial charge is 0.468 e. The standard InChI is InChI=1S/C15H23NO3/c1-4-19-10-9-15(11-16,14(17)18-3)13-8-6-5-7-12(13)2/h5-8H,4,9-11,16H2,1-3H3. The Balaban J connectivity index is 3.16. The lowest BCUT2D eigenvalue weighted by Crippen LogP contribution is -2.45. The SMILES string of the molecule is CCOCCC(CN)(C(=O)OC)c1ccccc1C. The van der Waals surface area contributed by atoms with Gasteiger partial charge in [-0.3, -0.25) is 4.79 Å². The van der Waals surface area contributed by atoms with Crippen molar-refractivity contribution in [2.75, 3.05) is 26.9 Å². The van der Waals surface area contributed by atoms with Crippen molar-refractivity contribution in [1.82, 2.24) is 0 Å². The van der Waals surface area contributed by atoms with Crippen LogP contribution < -0.4 is 5.73 Å². The zero-order chi connectivity index (χ0) is 14.3. The molecule has 0 amide bonds. The minimum absolute atomic E-state index is 0.206. The van der Waals surface area contributed by atoms with E-state index >= 15 is 0 Å². The molecule has 4 heteroatoms. The minimum Gasteiger partial charge on any atom is -0.468 e. The van der Waals surface area contributed by atoms with Gasteiger partial charge in [-0.05, 0) is 31.4 Å². The Morgan fingerprint density at radius 3 is 2.58 bits per heavy atom. The van der Waals surface area contributed by atoms with Gasteiger partial charge in [0.2, 0.25) is 0 Å². The summed E-state index contributed by atoms with van der Waals surface area (Å²) in [6, 6.07) is 7.77. The van der Waals surface area contributed by atoms with E-state index in [0.29, 0.717) is 19.6 Å². The maximum Gasteiger partial charge on any atom is 0.317 e. The van der Waals surface area contributed by atoms with E-state index in [9.17, 15) is 4.79 Å². The first-order valence-corrected chi connectivity index (χ1v) is 6.54. The van der Waals surface area contributed by atoms with E-state index in [4.69, 9.17) is 15.2 Å². The molecule has 0 bridgehead atoms. The van der Waals surface area contributed by atoms with Crippen molar-refractivity contribution < 1.29 is 14.3 Å². The average molecular weight is 265 g/mol. The van der Waals surface area contributed by atoms with Crippen molar-refractivity contribution in [3.05, 3.63) is 35.4 Å². The summed E-state index contributed by atoms with van der Waals surface area (Å²) in [7, 11) is 1.39. The normalized spacial score (nSPS) is 13.9. The molecule has 1 rings (SSSR count). The summed E-state index contributed by atoms with van der Waals surface area (Å²) < 4.78 is 10.4. The maximum atomic E-state index is 12.3. The number of aryl methyl sites for hydroxylation is 1. The third-order valence-corrected chi connectivity index (χ3v) is 3.46. The molecule has 0 radical (unpaired) electrons. The van der Waals surface area contributed by atoms with Crippen LogP contribution in [0.2, 0.25) is 0 Å². The molecule has 1 aromatic rings. The fourth-order valence-electron chi connectivity index (χ4n) is 2.34. The van der Waals surface area contributed by atoms with Gasteiger partial charge in [-0.25, -0.2) is 0 Å². The number of carbonyl (C=O) groups excluding carboxylic acids is 1. The second-order valence-electron chi connectivity index (χ2n) is 4.54. The first kappa shape index (κ1) is 15.7. The smallest absolute Gasteiger partial charge is 0.317 e. The van der Waals surface area contributed by atoms with Crippen LogP contribution in [0.4, 0.5) is 0 Å². The molecule has 4 nitrogen and oxygen atoms in total. The number of hydrogen-bond acceptors (Lipinski definition) is 4. The summed E-state index contributed by atoms with van der Waals surface area (Å²) in [6.07, 6.45) is 0.523. The van der Waals surface area contributed by atoms with Crippen LogP contribution >= 0.6 is 0 Å². The van der Waals surface area contributed by atoms with Crippen molar-refractivity contribution >= 4 is 5.97 Å². The van der Waals surface area contributed by atoms with E-state index in [1.807, 2.05) is 38.1 Å². The van der Waals surface area contributed by atoms with E-state index in [-0.39, 0.29) is 12.5 Å². The van der Waals surface area contributed by atoms with Gasteiger partial charge < -0.3 is 15.2 Å². The number of methoxy groups -OCH3 is 1. The lowest BCUT2D eigenvalue weighted by atomic mass is 9.76. The zero-order valence-electron chi connectivity index (χ0n) is 11.9. The average Bonchev–Trinajstić information content (AvgIpc) is 2.44. The highest BCUT2D eigenvalue weighted by molar-refractivity contribution is 5.84. The van der Waals surface area contributed by atoms with Crippen molar-refractivity contribution in [1.29, 1.82) is 0 Å². The summed E-state index contributed by atoms with van der Waals surface area (Å²) in [5.41, 5.74) is 7.04. The molecule has 0 saturated heterocycles. The lowest BCUT2D eigenvalue weighted by molar-refractivity contribution is -0.148. The highest BCUT2D eigenvalue weighted by Gasteiger charge is 2.40. The highest BCUT2D eigenvalue weighted by atomic mass is 16.5. The van der Waals surface area contributed by atoms with Gasteiger partial charge in [0.1, 0.15) is 5.41 Å². The Bertz CT molecular complexity index is 420. The topological polar surface area (TPSA) is 61.5 Å². The van der Waals surface area contributed by atoms with E-state index < -0.39 is 5.41 Å². The van der Waals surface area contributed by atoms with Crippen molar-refractivity contribution in [2.45, 2.75) is 25.7 Å². The molecule has 1 unspecified atom stereocenters. The molecule has 0 aliphatic heterocycles. The fraction of sp³-hybridized carbons (Fsp3) is 0.533. The molecular formula is C15H23NO3. The highest BCUT2D eigenvalue weighted by Crippen LogP contribution is 2.31. The molecular weight excluding hydrogens is 242 g/mol. The van der Waals surface area contributed by atoms with Gasteiger partial charge in [0.15, 0.2) is 0 Å². The predicted molar refractivity (Wildman–Crippen MR) is 75.0 cm³/mol. The summed E-state index contributed by atoms with van der Waals surface area (Å²) >= 11 is 0. The van der Waals surface area contributed by atoms with Crippen LogP contribution in [0.1, 0.15) is 24.5 Å². The number of carbonyl (C=O) groups is 1. The van der Waals surface area contributed by atoms with E-state index in [1.54, 1.807) is 0 Å². The van der Waals surface area contributed by atoms with Crippen molar-refractivity contribution in [3.8, 4) is 0 Å². The number of rotatable bonds is 7. The van der Waals surface area contributed by atoms with E-state index in [0.717, 1.165) is 11.1 Å². The predicted octanol–water partition coefficient (Wildman–Crippen LogP) is 1.79. The Hall–Kier alpha value is -1.39. The van der Waals surface area contributed by atoms with Gasteiger partial charge in [0, 0.05) is 19.8 Å². The number of esters is 1. The summed E-state index contributed by atoms with van der Waals surface area (Å²) in [6.45, 7) is 5.21. The monoisotopic (exact) mass is 265 g/mol. The number of hydrogen-bond donors (Lipinski definition) is 1. The van der Waals surface area contributed by atoms with Crippen LogP contribution in [0.15, 0.2) is 24.3 Å². The zero-order valence-corrected chi connectivity index (χ0v) is 11.9. The van der Waals surface area contributed by atoms with Crippen molar-refractivity contribution in [2.24, 2.45) is 5.73 Å². The van der Waals surface area contributed by atoms with Gasteiger partial charge in [-0.1, -0.05) is 24.3 Å². The number of nitrogens with two attached hydrogens (primary N) is 1. The molecule has 0 fully saturated rings. The van der Waals surface area contributed by atoms with Gasteiger partial charge in [-0.15, -0.1) is 0 Å². The third kappa shape index (κ3) is 3.33. The first-order chi connectivity index (χ1) is 9.12. The van der Waals surface area contributed by atoms with Crippen LogP contribution in [0, 0.1) is 6.92 Å². The van der Waals surface area contributed by atoms with Crippen LogP contribution in [0.3, 0.4) is 0 Å². The molecule has 106 valence electrons. The molecule has 2 N–H and O–H groups in total. The van der Waals surface area contributed by atoms with Crippen LogP contribution in [0.25, 0.3) is 0 Å². The summed E-state index contributed by atoms with van der Waals surface area (Å²) in [5, 5.41) is 0. The summed E-state index contributed by atoms with van der Waals surface area (Å²) in [4.78, 5) is 12.3. The second-order valence-corrected chi connectivity index (χ2v) is 4.54. The Morgan fingerprint density at radius 2 is 2.05 bits per heavy atom. The first-order valence-electron chi connectivity index (χ1n) is 6.54. The molecule has 0 aromatic heterocycles. The van der Waals surface area contributed by atoms with E-state index in [1.165, 1.54) is 7.11 Å². The molecule has 0 heterocycles.